The molecule has 1 spiro atoms. The third kappa shape index (κ3) is 16.7. The molecule has 5 N–H and O–H groups in total. The van der Waals surface area contributed by atoms with Crippen molar-refractivity contribution >= 4 is 46.6 Å². The van der Waals surface area contributed by atoms with Gasteiger partial charge in [-0.1, -0.05) is 69.3 Å². The van der Waals surface area contributed by atoms with Crippen molar-refractivity contribution in [1.82, 2.24) is 50.4 Å². The van der Waals surface area contributed by atoms with Crippen LogP contribution in [0.25, 0.3) is 21.6 Å². The minimum absolute atomic E-state index is 0.0246. The molecular formula is C71H97N11O8S. The Labute approximate surface area is 541 Å². The average molecular weight is 1260 g/mol. The molecule has 3 atom stereocenters. The highest BCUT2D eigenvalue weighted by atomic mass is 32.1. The topological polar surface area (TPSA) is 216 Å². The normalized spacial score (nSPS) is 19.7. The highest BCUT2D eigenvalue weighted by Gasteiger charge is 2.45. The number of likely N-dealkylation sites (tertiary alicyclic amines) is 3. The molecule has 5 saturated heterocycles. The highest BCUT2D eigenvalue weighted by Crippen LogP contribution is 2.42. The van der Waals surface area contributed by atoms with Gasteiger partial charge in [-0.05, 0) is 167 Å². The number of nitrogens with one attached hydrogen (secondary N) is 4. The lowest BCUT2D eigenvalue weighted by Crippen LogP contribution is -2.57. The molecule has 10 rings (SSSR count). The molecule has 5 amide bonds. The van der Waals surface area contributed by atoms with Crippen molar-refractivity contribution in [1.29, 1.82) is 0 Å². The summed E-state index contributed by atoms with van der Waals surface area (Å²) >= 11 is 1.59. The number of ether oxygens (including phenoxy) is 1. The lowest BCUT2D eigenvalue weighted by atomic mass is 9.71. The zero-order valence-electron chi connectivity index (χ0n) is 55.0. The molecule has 490 valence electrons. The number of piperidine rings is 2. The van der Waals surface area contributed by atoms with Crippen LogP contribution in [0, 0.1) is 38.5 Å². The first-order chi connectivity index (χ1) is 43.6. The number of H-pyrrole nitrogens is 1. The summed E-state index contributed by atoms with van der Waals surface area (Å²) in [6, 6.07) is 21.4. The number of nitrogens with zero attached hydrogens (tertiary/aromatic N) is 7. The molecular weight excluding hydrogens is 1170 g/mol. The van der Waals surface area contributed by atoms with E-state index in [-0.39, 0.29) is 73.0 Å². The maximum atomic E-state index is 14.2. The fourth-order valence-corrected chi connectivity index (χ4v) is 15.1. The number of piperazine rings is 1. The van der Waals surface area contributed by atoms with Crippen molar-refractivity contribution in [3.63, 3.8) is 0 Å². The molecule has 3 aromatic carbocycles. The highest BCUT2D eigenvalue weighted by molar-refractivity contribution is 7.13. The van der Waals surface area contributed by atoms with Gasteiger partial charge in [0.25, 0.3) is 11.5 Å². The third-order valence-electron chi connectivity index (χ3n) is 20.0. The first kappa shape index (κ1) is 67.1. The first-order valence-corrected chi connectivity index (χ1v) is 34.1. The molecule has 0 saturated carbocycles. The quantitative estimate of drug-likeness (QED) is 0.0476. The van der Waals surface area contributed by atoms with Crippen LogP contribution in [0.2, 0.25) is 0 Å². The number of aliphatic hydroxyl groups excluding tert-OH is 1. The Morgan fingerprint density at radius 3 is 2.11 bits per heavy atom. The van der Waals surface area contributed by atoms with E-state index in [0.717, 1.165) is 166 Å². The van der Waals surface area contributed by atoms with Gasteiger partial charge in [-0.15, -0.1) is 11.3 Å². The van der Waals surface area contributed by atoms with Crippen LogP contribution in [0.1, 0.15) is 135 Å². The van der Waals surface area contributed by atoms with E-state index in [0.29, 0.717) is 43.3 Å². The number of aromatic nitrogens is 2. The van der Waals surface area contributed by atoms with Gasteiger partial charge in [0.05, 0.1) is 28.7 Å². The van der Waals surface area contributed by atoms with Gasteiger partial charge < -0.3 is 50.4 Å². The summed E-state index contributed by atoms with van der Waals surface area (Å²) in [6.45, 7) is 27.3. The van der Waals surface area contributed by atoms with E-state index in [2.05, 4.69) is 87.7 Å². The molecule has 0 aliphatic carbocycles. The molecule has 2 aromatic heterocycles. The zero-order chi connectivity index (χ0) is 64.6. The number of thiazole rings is 1. The van der Waals surface area contributed by atoms with Crippen molar-refractivity contribution in [3.05, 3.63) is 127 Å². The van der Waals surface area contributed by atoms with Crippen LogP contribution < -0.4 is 26.4 Å². The van der Waals surface area contributed by atoms with E-state index in [1.54, 1.807) is 11.3 Å². The number of carbonyl (C=O) groups excluding carboxylic acids is 5. The number of aromatic amines is 1. The van der Waals surface area contributed by atoms with Crippen LogP contribution >= 0.6 is 11.3 Å². The molecule has 5 aliphatic heterocycles. The molecule has 0 radical (unpaired) electrons. The number of anilines is 1. The molecule has 7 heterocycles. The third-order valence-corrected chi connectivity index (χ3v) is 21.0. The Hall–Kier alpha value is -6.81. The van der Waals surface area contributed by atoms with Crippen molar-refractivity contribution in [2.75, 3.05) is 96.7 Å². The van der Waals surface area contributed by atoms with Crippen LogP contribution in [0.4, 0.5) is 5.69 Å². The number of hydrogen-bond donors (Lipinski definition) is 5. The number of hydrogen-bond acceptors (Lipinski definition) is 14. The van der Waals surface area contributed by atoms with Crippen molar-refractivity contribution < 1.29 is 33.8 Å². The first-order valence-electron chi connectivity index (χ1n) is 33.2. The minimum atomic E-state index is -0.873. The summed E-state index contributed by atoms with van der Waals surface area (Å²) in [7, 11) is 0. The monoisotopic (exact) mass is 1260 g/mol. The van der Waals surface area contributed by atoms with E-state index >= 15 is 0 Å². The van der Waals surface area contributed by atoms with Crippen LogP contribution in [-0.4, -0.2) is 185 Å². The van der Waals surface area contributed by atoms with E-state index in [1.165, 1.54) is 10.5 Å². The van der Waals surface area contributed by atoms with Gasteiger partial charge in [0.2, 0.25) is 23.6 Å². The van der Waals surface area contributed by atoms with Gasteiger partial charge in [-0.3, -0.25) is 38.6 Å². The van der Waals surface area contributed by atoms with Gasteiger partial charge in [0.1, 0.15) is 12.1 Å². The summed E-state index contributed by atoms with van der Waals surface area (Å²) in [6.07, 6.45) is 6.23. The summed E-state index contributed by atoms with van der Waals surface area (Å²) in [5.74, 6) is -0.893. The lowest BCUT2D eigenvalue weighted by molar-refractivity contribution is -0.144. The number of rotatable bonds is 21. The van der Waals surface area contributed by atoms with Crippen molar-refractivity contribution in [2.24, 2.45) is 10.8 Å². The Morgan fingerprint density at radius 1 is 0.802 bits per heavy atom. The van der Waals surface area contributed by atoms with E-state index in [4.69, 9.17) is 4.74 Å². The molecule has 0 unspecified atom stereocenters. The second-order valence-electron chi connectivity index (χ2n) is 27.4. The number of amides is 5. The van der Waals surface area contributed by atoms with Crippen molar-refractivity contribution in [3.8, 4) is 21.6 Å². The lowest BCUT2D eigenvalue weighted by Gasteiger charge is -2.47. The number of benzene rings is 3. The van der Waals surface area contributed by atoms with Gasteiger partial charge in [0, 0.05) is 127 Å². The second-order valence-corrected chi connectivity index (χ2v) is 28.3. The van der Waals surface area contributed by atoms with Gasteiger partial charge in [-0.2, -0.15) is 0 Å². The maximum absolute atomic E-state index is 14.2. The largest absolute Gasteiger partial charge is 0.391 e. The summed E-state index contributed by atoms with van der Waals surface area (Å²) < 4.78 is 5.73. The van der Waals surface area contributed by atoms with Gasteiger partial charge in [-0.25, -0.2) is 4.98 Å². The number of β-amino-alcohol motifs (C(OH)–C–C–N with tert-alkyl or cyclic N) is 1. The zero-order valence-corrected chi connectivity index (χ0v) is 55.8. The fourth-order valence-electron chi connectivity index (χ4n) is 14.3. The molecule has 5 fully saturated rings. The molecule has 5 aromatic rings. The Balaban J connectivity index is 0.639. The molecule has 91 heavy (non-hydrogen) atoms. The summed E-state index contributed by atoms with van der Waals surface area (Å²) in [5.41, 5.74) is 12.1. The van der Waals surface area contributed by atoms with Crippen LogP contribution in [-0.2, 0) is 43.5 Å². The minimum Gasteiger partial charge on any atom is -0.391 e. The van der Waals surface area contributed by atoms with E-state index in [9.17, 15) is 33.9 Å². The van der Waals surface area contributed by atoms with E-state index in [1.807, 2.05) is 90.4 Å². The summed E-state index contributed by atoms with van der Waals surface area (Å²) in [5, 5.41) is 19.8. The number of carbonyl (C=O) groups is 5. The van der Waals surface area contributed by atoms with Gasteiger partial charge in [0.15, 0.2) is 0 Å². The molecule has 19 nitrogen and oxygen atoms in total. The molecule has 0 bridgehead atoms. The van der Waals surface area contributed by atoms with Crippen molar-refractivity contribution in [2.45, 2.75) is 157 Å². The Kier molecular flexibility index (Phi) is 22.0. The summed E-state index contributed by atoms with van der Waals surface area (Å²) in [4.78, 5) is 104. The predicted octanol–water partition coefficient (Wildman–Crippen LogP) is 7.75. The number of aryl methyl sites for hydroxylation is 3. The SMILES string of the molecule is CCN(c1cc(-c2ccc(CN3CCN(CC(=O)N4CCC5(CCN(CCCC(=O)N[C@H](C(=O)N6C[C@H](O)C[C@H]6C(=O)NCc6ccc(-c7scnc7C)cc6)C(C)(C)C)CC5)CC4)CC3)cc2)cc(C(=O)NCc2c(C)cc(C)[nH]c2=O)c1C)C1CCOCC1. The molecule has 5 aliphatic rings. The average Bonchev–Trinajstić information content (AvgIpc) is 1.38. The van der Waals surface area contributed by atoms with Gasteiger partial charge >= 0.3 is 0 Å². The van der Waals surface area contributed by atoms with Crippen LogP contribution in [0.15, 0.2) is 77.0 Å². The number of aliphatic hydroxyl groups is 1. The Morgan fingerprint density at radius 2 is 1.46 bits per heavy atom. The second kappa shape index (κ2) is 29.9. The van der Waals surface area contributed by atoms with Crippen LogP contribution in [0.5, 0.6) is 0 Å². The fraction of sp³-hybridized carbons (Fsp3) is 0.563. The standard InChI is InChI=1S/C71H97N11O8S/c1-9-81(56-20-35-90-36-21-56)60-39-55(38-58(49(60)4)66(86)73-42-59-47(2)37-48(3)75-67(59)87)53-16-14-52(15-17-53)43-78-31-33-79(34-32-78)45-63(85)80-29-24-71(25-30-80)22-27-77(28-23-71)26-10-11-62(84)76-65(70(6,7)8)69(89)82-44-57(83)40-61(82)68(88)72-41-51-12-18-54(19-13-51)64-50(5)74-46-91-64/h12-19,37-39,46,56-57,61,65,83H,9-11,20-36,40-45H2,1-8H3,(H,72,88)(H,73,86)(H,75,87)(H,76,84)/t57-,61+,65-/m1/s1. The van der Waals surface area contributed by atoms with Crippen LogP contribution in [0.3, 0.4) is 0 Å². The van der Waals surface area contributed by atoms with E-state index < -0.39 is 23.6 Å². The smallest absolute Gasteiger partial charge is 0.253 e. The molecule has 20 heteroatoms. The Bertz CT molecular complexity index is 3400. The number of pyridine rings is 1. The predicted molar refractivity (Wildman–Crippen MR) is 358 cm³/mol. The maximum Gasteiger partial charge on any atom is 0.253 e.